The number of hydrogen-bond acceptors (Lipinski definition) is 4. The van der Waals surface area contributed by atoms with Gasteiger partial charge in [-0.2, -0.15) is 0 Å². The van der Waals surface area contributed by atoms with Crippen molar-refractivity contribution in [3.05, 3.63) is 40.0 Å². The van der Waals surface area contributed by atoms with Crippen molar-refractivity contribution in [1.29, 1.82) is 0 Å². The Balaban J connectivity index is 2.22. The predicted molar refractivity (Wildman–Crippen MR) is 94.3 cm³/mol. The topological polar surface area (TPSA) is 67.4 Å². The summed E-state index contributed by atoms with van der Waals surface area (Å²) in [5, 5.41) is 5.52. The third-order valence-electron chi connectivity index (χ3n) is 3.34. The van der Waals surface area contributed by atoms with E-state index in [1.54, 1.807) is 18.7 Å². The first-order valence-corrected chi connectivity index (χ1v) is 9.19. The number of amides is 2. The van der Waals surface area contributed by atoms with Crippen LogP contribution in [0.2, 0.25) is 0 Å². The number of ether oxygens (including phenoxy) is 1. The molecule has 0 saturated heterocycles. The van der Waals surface area contributed by atoms with Crippen LogP contribution in [0.15, 0.2) is 44.9 Å². The maximum atomic E-state index is 12.3. The molecule has 0 aliphatic carbocycles. The molecule has 2 rings (SSSR count). The predicted octanol–water partition coefficient (Wildman–Crippen LogP) is 3.45. The molecule has 1 heterocycles. The molecule has 0 unspecified atom stereocenters. The monoisotopic (exact) mass is 398 g/mol. The number of rotatable bonds is 6. The lowest BCUT2D eigenvalue weighted by Gasteiger charge is -2.28. The van der Waals surface area contributed by atoms with Gasteiger partial charge in [0.25, 0.3) is 0 Å². The quantitative estimate of drug-likeness (QED) is 0.568. The molecule has 0 aromatic heterocycles. The number of halogens is 1. The highest BCUT2D eigenvalue weighted by atomic mass is 79.9. The molecule has 1 aromatic carbocycles. The molecule has 1 aromatic rings. The van der Waals surface area contributed by atoms with E-state index in [1.807, 2.05) is 31.2 Å². The van der Waals surface area contributed by atoms with E-state index >= 15 is 0 Å². The molecule has 0 bridgehead atoms. The number of esters is 1. The highest BCUT2D eigenvalue weighted by Crippen LogP contribution is 2.25. The Morgan fingerprint density at radius 2 is 2.00 bits per heavy atom. The van der Waals surface area contributed by atoms with E-state index in [-0.39, 0.29) is 18.0 Å². The Kier molecular flexibility index (Phi) is 6.53. The summed E-state index contributed by atoms with van der Waals surface area (Å²) in [4.78, 5) is 25.1. The normalized spacial score (nSPS) is 17.5. The van der Waals surface area contributed by atoms with Crippen LogP contribution in [0.1, 0.15) is 20.3 Å². The number of carbonyl (C=O) groups excluding carboxylic acids is 2. The third kappa shape index (κ3) is 4.75. The van der Waals surface area contributed by atoms with E-state index in [2.05, 4.69) is 26.6 Å². The minimum Gasteiger partial charge on any atom is -0.463 e. The SMILES string of the molecule is CCOC(=O)C1=C(CSc2ccc(Br)cc2)NC(=O)N[C@@H]1CC. The second-order valence-corrected chi connectivity index (χ2v) is 6.88. The Morgan fingerprint density at radius 3 is 2.61 bits per heavy atom. The largest absolute Gasteiger partial charge is 0.463 e. The third-order valence-corrected chi connectivity index (χ3v) is 4.91. The summed E-state index contributed by atoms with van der Waals surface area (Å²) >= 11 is 4.96. The molecule has 1 aliphatic rings. The summed E-state index contributed by atoms with van der Waals surface area (Å²) in [7, 11) is 0. The summed E-state index contributed by atoms with van der Waals surface area (Å²) in [5.41, 5.74) is 1.13. The minimum absolute atomic E-state index is 0.281. The molecule has 1 aliphatic heterocycles. The molecular weight excluding hydrogens is 380 g/mol. The fourth-order valence-corrected chi connectivity index (χ4v) is 3.39. The smallest absolute Gasteiger partial charge is 0.337 e. The first-order valence-electron chi connectivity index (χ1n) is 7.41. The van der Waals surface area contributed by atoms with E-state index in [0.717, 1.165) is 9.37 Å². The Bertz CT molecular complexity index is 616. The number of urea groups is 1. The van der Waals surface area contributed by atoms with Crippen LogP contribution in [0, 0.1) is 0 Å². The lowest BCUT2D eigenvalue weighted by molar-refractivity contribution is -0.139. The van der Waals surface area contributed by atoms with Gasteiger partial charge in [0, 0.05) is 20.8 Å². The lowest BCUT2D eigenvalue weighted by atomic mass is 10.0. The average Bonchev–Trinajstić information content (AvgIpc) is 2.53. The molecule has 124 valence electrons. The summed E-state index contributed by atoms with van der Waals surface area (Å²) in [5.74, 6) is 0.123. The Hall–Kier alpha value is -1.47. The van der Waals surface area contributed by atoms with E-state index in [0.29, 0.717) is 30.1 Å². The molecule has 2 N–H and O–H groups in total. The minimum atomic E-state index is -0.377. The van der Waals surface area contributed by atoms with Crippen LogP contribution in [-0.4, -0.2) is 30.4 Å². The zero-order valence-corrected chi connectivity index (χ0v) is 15.4. The van der Waals surface area contributed by atoms with Crippen LogP contribution in [0.25, 0.3) is 0 Å². The summed E-state index contributed by atoms with van der Waals surface area (Å²) in [6.45, 7) is 4.00. The first-order chi connectivity index (χ1) is 11.0. The number of benzene rings is 1. The van der Waals surface area contributed by atoms with Crippen molar-refractivity contribution in [2.75, 3.05) is 12.4 Å². The fourth-order valence-electron chi connectivity index (χ4n) is 2.26. The van der Waals surface area contributed by atoms with Crippen LogP contribution in [0.4, 0.5) is 4.79 Å². The first kappa shape index (κ1) is 17.9. The van der Waals surface area contributed by atoms with Crippen LogP contribution >= 0.6 is 27.7 Å². The van der Waals surface area contributed by atoms with Gasteiger partial charge in [0.2, 0.25) is 0 Å². The summed E-state index contributed by atoms with van der Waals surface area (Å²) in [6, 6.07) is 7.29. The second kappa shape index (κ2) is 8.40. The summed E-state index contributed by atoms with van der Waals surface area (Å²) < 4.78 is 6.15. The van der Waals surface area contributed by atoms with E-state index < -0.39 is 0 Å². The molecule has 0 fully saturated rings. The maximum Gasteiger partial charge on any atom is 0.337 e. The van der Waals surface area contributed by atoms with Gasteiger partial charge >= 0.3 is 12.0 Å². The van der Waals surface area contributed by atoms with Crippen LogP contribution < -0.4 is 10.6 Å². The van der Waals surface area contributed by atoms with Crippen molar-refractivity contribution in [2.45, 2.75) is 31.2 Å². The van der Waals surface area contributed by atoms with Gasteiger partial charge < -0.3 is 15.4 Å². The molecule has 5 nitrogen and oxygen atoms in total. The Morgan fingerprint density at radius 1 is 1.30 bits per heavy atom. The molecule has 1 atom stereocenters. The molecule has 0 spiro atoms. The van der Waals surface area contributed by atoms with Crippen molar-refractivity contribution in [1.82, 2.24) is 10.6 Å². The van der Waals surface area contributed by atoms with Gasteiger partial charge in [0.05, 0.1) is 18.2 Å². The van der Waals surface area contributed by atoms with Gasteiger partial charge in [-0.3, -0.25) is 0 Å². The number of carbonyl (C=O) groups is 2. The molecule has 23 heavy (non-hydrogen) atoms. The van der Waals surface area contributed by atoms with Crippen molar-refractivity contribution in [2.24, 2.45) is 0 Å². The fraction of sp³-hybridized carbons (Fsp3) is 0.375. The molecular formula is C16H19BrN2O3S. The standard InChI is InChI=1S/C16H19BrN2O3S/c1-3-12-14(15(20)22-4-2)13(19-16(21)18-12)9-23-11-7-5-10(17)6-8-11/h5-8,12H,3-4,9H2,1-2H3,(H2,18,19,21)/t12-/m1/s1. The summed E-state index contributed by atoms with van der Waals surface area (Å²) in [6.07, 6.45) is 0.633. The van der Waals surface area contributed by atoms with Crippen molar-refractivity contribution < 1.29 is 14.3 Å². The lowest BCUT2D eigenvalue weighted by Crippen LogP contribution is -2.50. The van der Waals surface area contributed by atoms with Crippen molar-refractivity contribution in [3.8, 4) is 0 Å². The van der Waals surface area contributed by atoms with Crippen molar-refractivity contribution in [3.63, 3.8) is 0 Å². The highest BCUT2D eigenvalue weighted by Gasteiger charge is 2.31. The molecule has 0 saturated carbocycles. The highest BCUT2D eigenvalue weighted by molar-refractivity contribution is 9.10. The second-order valence-electron chi connectivity index (χ2n) is 4.91. The molecule has 2 amide bonds. The van der Waals surface area contributed by atoms with Gasteiger partial charge in [0.1, 0.15) is 0 Å². The van der Waals surface area contributed by atoms with Gasteiger partial charge in [-0.25, -0.2) is 9.59 Å². The Labute approximate surface area is 148 Å². The molecule has 0 radical (unpaired) electrons. The van der Waals surface area contributed by atoms with E-state index in [9.17, 15) is 9.59 Å². The van der Waals surface area contributed by atoms with Gasteiger partial charge in [-0.05, 0) is 37.6 Å². The van der Waals surface area contributed by atoms with Crippen LogP contribution in [-0.2, 0) is 9.53 Å². The molecule has 7 heteroatoms. The zero-order valence-electron chi connectivity index (χ0n) is 13.0. The van der Waals surface area contributed by atoms with Crippen molar-refractivity contribution >= 4 is 39.7 Å². The number of nitrogens with one attached hydrogen (secondary N) is 2. The maximum absolute atomic E-state index is 12.3. The van der Waals surface area contributed by atoms with E-state index in [1.165, 1.54) is 0 Å². The van der Waals surface area contributed by atoms with E-state index in [4.69, 9.17) is 4.74 Å². The average molecular weight is 399 g/mol. The van der Waals surface area contributed by atoms with Crippen LogP contribution in [0.5, 0.6) is 0 Å². The van der Waals surface area contributed by atoms with Gasteiger partial charge in [-0.15, -0.1) is 11.8 Å². The zero-order chi connectivity index (χ0) is 16.8. The van der Waals surface area contributed by atoms with Crippen LogP contribution in [0.3, 0.4) is 0 Å². The number of thioether (sulfide) groups is 1. The number of hydrogen-bond donors (Lipinski definition) is 2. The van der Waals surface area contributed by atoms with Gasteiger partial charge in [-0.1, -0.05) is 22.9 Å². The van der Waals surface area contributed by atoms with Gasteiger partial charge in [0.15, 0.2) is 0 Å².